The predicted molar refractivity (Wildman–Crippen MR) is 118 cm³/mol. The second kappa shape index (κ2) is 9.53. The molecule has 0 spiro atoms. The van der Waals surface area contributed by atoms with Crippen LogP contribution in [-0.2, 0) is 15.8 Å². The smallest absolute Gasteiger partial charge is 0.255 e. The van der Waals surface area contributed by atoms with Crippen LogP contribution < -0.4 is 10.0 Å². The van der Waals surface area contributed by atoms with Crippen LogP contribution in [0.2, 0.25) is 0 Å². The number of amides is 1. The van der Waals surface area contributed by atoms with E-state index in [2.05, 4.69) is 15.0 Å². The fraction of sp³-hybridized carbons (Fsp3) is 0.200. The Hall–Kier alpha value is -2.20. The number of thioether (sulfide) groups is 1. The highest BCUT2D eigenvalue weighted by atomic mass is 32.2. The van der Waals surface area contributed by atoms with E-state index in [1.165, 1.54) is 12.1 Å². The third-order valence-electron chi connectivity index (χ3n) is 3.80. The van der Waals surface area contributed by atoms with Crippen molar-refractivity contribution in [2.45, 2.75) is 35.4 Å². The van der Waals surface area contributed by atoms with Crippen molar-refractivity contribution in [1.29, 1.82) is 0 Å². The lowest BCUT2D eigenvalue weighted by atomic mass is 10.2. The molecule has 1 heterocycles. The highest BCUT2D eigenvalue weighted by molar-refractivity contribution is 7.98. The number of sulfonamides is 1. The van der Waals surface area contributed by atoms with Gasteiger partial charge in [0.25, 0.3) is 5.91 Å². The van der Waals surface area contributed by atoms with Crippen LogP contribution in [-0.4, -0.2) is 25.4 Å². The van der Waals surface area contributed by atoms with E-state index in [0.717, 1.165) is 16.3 Å². The summed E-state index contributed by atoms with van der Waals surface area (Å²) in [6.45, 7) is 3.52. The molecule has 6 nitrogen and oxygen atoms in total. The minimum Gasteiger partial charge on any atom is -0.322 e. The number of hydrogen-bond donors (Lipinski definition) is 2. The van der Waals surface area contributed by atoms with E-state index in [1.54, 1.807) is 61.2 Å². The number of nitrogens with one attached hydrogen (secondary N) is 2. The third kappa shape index (κ3) is 6.14. The molecule has 1 amide bonds. The molecule has 152 valence electrons. The van der Waals surface area contributed by atoms with E-state index in [-0.39, 0.29) is 16.8 Å². The molecule has 3 aromatic rings. The van der Waals surface area contributed by atoms with Crippen molar-refractivity contribution in [3.8, 4) is 0 Å². The van der Waals surface area contributed by atoms with Crippen LogP contribution in [0.15, 0.2) is 69.2 Å². The molecule has 2 aromatic carbocycles. The molecule has 0 saturated heterocycles. The zero-order chi connectivity index (χ0) is 20.9. The number of carbonyl (C=O) groups excluding carboxylic acids is 1. The summed E-state index contributed by atoms with van der Waals surface area (Å²) in [5.41, 5.74) is 3.91. The summed E-state index contributed by atoms with van der Waals surface area (Å²) in [4.78, 5) is 17.9. The Bertz CT molecular complexity index is 1050. The maximum atomic E-state index is 12.4. The number of nitrogens with zero attached hydrogens (tertiary/aromatic N) is 1. The maximum absolute atomic E-state index is 12.4. The standard InChI is InChI=1S/C20H21N3O3S3/c1-14(2)23-29(25,26)19-9-5-16(6-10-19)22-20(24)15-3-7-18(8-4-15)28-12-17-11-27-13-21-17/h3-11,13-14,23H,12H2,1-2H3,(H,22,24). The molecule has 0 aliphatic rings. The average Bonchev–Trinajstić information content (AvgIpc) is 3.20. The minimum absolute atomic E-state index is 0.158. The first-order chi connectivity index (χ1) is 13.8. The maximum Gasteiger partial charge on any atom is 0.255 e. The van der Waals surface area contributed by atoms with Gasteiger partial charge in [-0.2, -0.15) is 0 Å². The Morgan fingerprint density at radius 1 is 1.10 bits per heavy atom. The molecular weight excluding hydrogens is 426 g/mol. The molecule has 0 fully saturated rings. The lowest BCUT2D eigenvalue weighted by Gasteiger charge is -2.10. The first kappa shape index (κ1) is 21.5. The molecule has 29 heavy (non-hydrogen) atoms. The first-order valence-corrected chi connectivity index (χ1v) is 12.3. The van der Waals surface area contributed by atoms with Crippen molar-refractivity contribution in [2.24, 2.45) is 0 Å². The summed E-state index contributed by atoms with van der Waals surface area (Å²) in [7, 11) is -3.55. The molecule has 2 N–H and O–H groups in total. The van der Waals surface area contributed by atoms with Gasteiger partial charge in [-0.15, -0.1) is 23.1 Å². The Morgan fingerprint density at radius 2 is 1.79 bits per heavy atom. The number of hydrogen-bond acceptors (Lipinski definition) is 6. The molecule has 0 aliphatic carbocycles. The summed E-state index contributed by atoms with van der Waals surface area (Å²) < 4.78 is 26.8. The van der Waals surface area contributed by atoms with Gasteiger partial charge in [0.15, 0.2) is 0 Å². The van der Waals surface area contributed by atoms with Crippen LogP contribution >= 0.6 is 23.1 Å². The second-order valence-electron chi connectivity index (χ2n) is 6.55. The van der Waals surface area contributed by atoms with Gasteiger partial charge in [-0.1, -0.05) is 0 Å². The fourth-order valence-corrected chi connectivity index (χ4v) is 5.18. The van der Waals surface area contributed by atoms with Crippen LogP contribution in [0.3, 0.4) is 0 Å². The summed E-state index contributed by atoms with van der Waals surface area (Å²) in [6.07, 6.45) is 0. The predicted octanol–water partition coefficient (Wildman–Crippen LogP) is 4.37. The fourth-order valence-electron chi connectivity index (χ4n) is 2.47. The van der Waals surface area contributed by atoms with Crippen LogP contribution in [0.5, 0.6) is 0 Å². The van der Waals surface area contributed by atoms with Crippen LogP contribution in [0.4, 0.5) is 5.69 Å². The molecule has 0 unspecified atom stereocenters. The Kier molecular flexibility index (Phi) is 7.07. The van der Waals surface area contributed by atoms with Crippen molar-refractivity contribution in [3.05, 3.63) is 70.7 Å². The van der Waals surface area contributed by atoms with Gasteiger partial charge < -0.3 is 5.32 Å². The highest BCUT2D eigenvalue weighted by Crippen LogP contribution is 2.23. The molecule has 0 aliphatic heterocycles. The quantitative estimate of drug-likeness (QED) is 0.501. The van der Waals surface area contributed by atoms with Crippen molar-refractivity contribution < 1.29 is 13.2 Å². The number of aromatic nitrogens is 1. The van der Waals surface area contributed by atoms with Crippen LogP contribution in [0, 0.1) is 0 Å². The van der Waals surface area contributed by atoms with Crippen molar-refractivity contribution >= 4 is 44.7 Å². The van der Waals surface area contributed by atoms with Gasteiger partial charge in [0.2, 0.25) is 10.0 Å². The molecule has 0 saturated carbocycles. The Labute approximate surface area is 178 Å². The Morgan fingerprint density at radius 3 is 2.38 bits per heavy atom. The van der Waals surface area contributed by atoms with Gasteiger partial charge in [0.1, 0.15) is 0 Å². The number of thiazole rings is 1. The number of carbonyl (C=O) groups is 1. The summed E-state index contributed by atoms with van der Waals surface area (Å²) in [5.74, 6) is 0.535. The zero-order valence-corrected chi connectivity index (χ0v) is 18.4. The molecule has 0 bridgehead atoms. The van der Waals surface area contributed by atoms with Gasteiger partial charge in [0, 0.05) is 33.3 Å². The summed E-state index contributed by atoms with van der Waals surface area (Å²) >= 11 is 3.23. The van der Waals surface area contributed by atoms with E-state index in [9.17, 15) is 13.2 Å². The largest absolute Gasteiger partial charge is 0.322 e. The van der Waals surface area contributed by atoms with Crippen molar-refractivity contribution in [1.82, 2.24) is 9.71 Å². The summed E-state index contributed by atoms with van der Waals surface area (Å²) in [5, 5.41) is 4.80. The van der Waals surface area contributed by atoms with Crippen molar-refractivity contribution in [3.63, 3.8) is 0 Å². The first-order valence-electron chi connectivity index (χ1n) is 8.87. The monoisotopic (exact) mass is 447 g/mol. The van der Waals surface area contributed by atoms with Gasteiger partial charge >= 0.3 is 0 Å². The minimum atomic E-state index is -3.55. The zero-order valence-electron chi connectivity index (χ0n) is 16.0. The van der Waals surface area contributed by atoms with E-state index in [0.29, 0.717) is 11.3 Å². The van der Waals surface area contributed by atoms with Gasteiger partial charge in [-0.25, -0.2) is 18.1 Å². The van der Waals surface area contributed by atoms with Crippen molar-refractivity contribution in [2.75, 3.05) is 5.32 Å². The van der Waals surface area contributed by atoms with Crippen LogP contribution in [0.1, 0.15) is 29.9 Å². The van der Waals surface area contributed by atoms with Gasteiger partial charge in [-0.05, 0) is 62.4 Å². The van der Waals surface area contributed by atoms with E-state index < -0.39 is 10.0 Å². The normalized spacial score (nSPS) is 11.6. The lowest BCUT2D eigenvalue weighted by molar-refractivity contribution is 0.102. The van der Waals surface area contributed by atoms with E-state index in [4.69, 9.17) is 0 Å². The van der Waals surface area contributed by atoms with Crippen LogP contribution in [0.25, 0.3) is 0 Å². The molecule has 0 atom stereocenters. The van der Waals surface area contributed by atoms with E-state index >= 15 is 0 Å². The van der Waals surface area contributed by atoms with Gasteiger partial charge in [0.05, 0.1) is 16.1 Å². The molecule has 1 aromatic heterocycles. The topological polar surface area (TPSA) is 88.2 Å². The highest BCUT2D eigenvalue weighted by Gasteiger charge is 2.15. The van der Waals surface area contributed by atoms with E-state index in [1.807, 2.05) is 23.0 Å². The lowest BCUT2D eigenvalue weighted by Crippen LogP contribution is -2.30. The Balaban J connectivity index is 1.59. The number of rotatable bonds is 8. The second-order valence-corrected chi connectivity index (χ2v) is 10.0. The number of benzene rings is 2. The molecule has 9 heteroatoms. The third-order valence-corrected chi connectivity index (χ3v) is 7.16. The molecule has 3 rings (SSSR count). The van der Waals surface area contributed by atoms with Gasteiger partial charge in [-0.3, -0.25) is 4.79 Å². The average molecular weight is 448 g/mol. The SMILES string of the molecule is CC(C)NS(=O)(=O)c1ccc(NC(=O)c2ccc(SCc3cscn3)cc2)cc1. The number of anilines is 1. The molecule has 0 radical (unpaired) electrons. The summed E-state index contributed by atoms with van der Waals surface area (Å²) in [6, 6.07) is 13.2. The molecular formula is C20H21N3O3S3.